The maximum Gasteiger partial charge on any atom is 0.402 e. The van der Waals surface area contributed by atoms with E-state index < -0.39 is 51.6 Å². The maximum atomic E-state index is 13.8. The number of rotatable bonds is 9. The molecule has 0 spiro atoms. The molecule has 1 N–H and O–H groups in total. The molecule has 0 heterocycles. The van der Waals surface area contributed by atoms with Crippen LogP contribution in [0.4, 0.5) is 26.3 Å². The van der Waals surface area contributed by atoms with E-state index in [-0.39, 0.29) is 32.6 Å². The molecule has 0 radical (unpaired) electrons. The lowest BCUT2D eigenvalue weighted by Gasteiger charge is -2.19. The molecule has 4 nitrogen and oxygen atoms in total. The molecular formula is C24H22Cl3F6NO3S. The quantitative estimate of drug-likeness (QED) is 0.230. The van der Waals surface area contributed by atoms with Gasteiger partial charge in [-0.3, -0.25) is 4.79 Å². The molecule has 2 atom stereocenters. The van der Waals surface area contributed by atoms with Gasteiger partial charge >= 0.3 is 12.4 Å². The van der Waals surface area contributed by atoms with Gasteiger partial charge in [-0.15, -0.1) is 0 Å². The Kier molecular flexibility index (Phi) is 10.6. The topological polar surface area (TPSA) is 63.2 Å². The SMILES string of the molecule is CCc1cc(/C=C/C(c2cc(Cl)c(Cl)c(Cl)c2)C(F)(F)F)ccc1C(=O)NC(C)CS(=O)(=O)CC(F)(F)F. The van der Waals surface area contributed by atoms with Crippen LogP contribution in [-0.2, 0) is 16.3 Å². The summed E-state index contributed by atoms with van der Waals surface area (Å²) >= 11 is 17.6. The van der Waals surface area contributed by atoms with Gasteiger partial charge in [-0.25, -0.2) is 8.42 Å². The number of hydrogen-bond donors (Lipinski definition) is 1. The molecule has 2 aromatic carbocycles. The lowest BCUT2D eigenvalue weighted by Crippen LogP contribution is -2.40. The minimum absolute atomic E-state index is 0.0734. The van der Waals surface area contributed by atoms with Gasteiger partial charge in [0.05, 0.1) is 26.7 Å². The van der Waals surface area contributed by atoms with Crippen molar-refractivity contribution < 1.29 is 39.6 Å². The number of allylic oxidation sites excluding steroid dienone is 1. The molecule has 0 aliphatic carbocycles. The number of sulfone groups is 1. The maximum absolute atomic E-state index is 13.8. The number of halogens is 9. The Hall–Kier alpha value is -1.95. The summed E-state index contributed by atoms with van der Waals surface area (Å²) in [6, 6.07) is 5.21. The number of alkyl halides is 6. The third-order valence-corrected chi connectivity index (χ3v) is 8.19. The predicted molar refractivity (Wildman–Crippen MR) is 137 cm³/mol. The van der Waals surface area contributed by atoms with Gasteiger partial charge in [0, 0.05) is 11.6 Å². The predicted octanol–water partition coefficient (Wildman–Crippen LogP) is 7.66. The molecule has 0 aliphatic heterocycles. The standard InChI is InChI=1S/C24H22Cl3F6NO3S/c1-3-15-8-14(5-7-18(24(31,32)33)16-9-19(25)21(27)20(26)10-16)4-6-17(15)22(35)34-13(2)11-38(36,37)12-23(28,29)30/h4-10,13,18H,3,11-12H2,1-2H3,(H,34,35)/b7-5+. The van der Waals surface area contributed by atoms with E-state index in [1.54, 1.807) is 6.92 Å². The highest BCUT2D eigenvalue weighted by Gasteiger charge is 2.39. The van der Waals surface area contributed by atoms with E-state index in [0.29, 0.717) is 11.1 Å². The molecular weight excluding hydrogens is 603 g/mol. The van der Waals surface area contributed by atoms with E-state index in [2.05, 4.69) is 5.32 Å². The van der Waals surface area contributed by atoms with Crippen molar-refractivity contribution >= 4 is 56.6 Å². The number of benzene rings is 2. The van der Waals surface area contributed by atoms with Crippen molar-refractivity contribution in [3.63, 3.8) is 0 Å². The first kappa shape index (κ1) is 32.3. The second-order valence-electron chi connectivity index (χ2n) is 8.49. The van der Waals surface area contributed by atoms with Gasteiger partial charge < -0.3 is 5.32 Å². The van der Waals surface area contributed by atoms with Crippen LogP contribution in [0.3, 0.4) is 0 Å². The molecule has 0 saturated heterocycles. The number of hydrogen-bond acceptors (Lipinski definition) is 3. The Morgan fingerprint density at radius 1 is 1.03 bits per heavy atom. The Morgan fingerprint density at radius 3 is 2.11 bits per heavy atom. The number of carbonyl (C=O) groups is 1. The van der Waals surface area contributed by atoms with E-state index >= 15 is 0 Å². The molecule has 2 aromatic rings. The van der Waals surface area contributed by atoms with Crippen LogP contribution < -0.4 is 5.32 Å². The van der Waals surface area contributed by atoms with Crippen LogP contribution in [-0.4, -0.2) is 44.2 Å². The van der Waals surface area contributed by atoms with Gasteiger partial charge in [-0.05, 0) is 48.2 Å². The molecule has 2 unspecified atom stereocenters. The molecule has 0 aromatic heterocycles. The number of nitrogens with one attached hydrogen (secondary N) is 1. The zero-order valence-electron chi connectivity index (χ0n) is 19.9. The van der Waals surface area contributed by atoms with Gasteiger partial charge in [-0.2, -0.15) is 26.3 Å². The first-order valence-electron chi connectivity index (χ1n) is 10.9. The summed E-state index contributed by atoms with van der Waals surface area (Å²) < 4.78 is 102. The summed E-state index contributed by atoms with van der Waals surface area (Å²) in [5, 5.41) is 2.00. The number of aryl methyl sites for hydroxylation is 1. The van der Waals surface area contributed by atoms with E-state index in [4.69, 9.17) is 34.8 Å². The summed E-state index contributed by atoms with van der Waals surface area (Å²) in [5.74, 6) is -5.72. The zero-order chi connectivity index (χ0) is 29.1. The van der Waals surface area contributed by atoms with Gasteiger partial charge in [0.2, 0.25) is 0 Å². The Morgan fingerprint density at radius 2 is 1.61 bits per heavy atom. The van der Waals surface area contributed by atoms with E-state index in [0.717, 1.165) is 18.2 Å². The molecule has 0 saturated carbocycles. The molecule has 2 rings (SSSR count). The van der Waals surface area contributed by atoms with Crippen LogP contribution in [0.2, 0.25) is 15.1 Å². The van der Waals surface area contributed by atoms with Crippen molar-refractivity contribution in [2.45, 2.75) is 44.6 Å². The van der Waals surface area contributed by atoms with Crippen LogP contribution in [0.1, 0.15) is 46.8 Å². The molecule has 38 heavy (non-hydrogen) atoms. The Labute approximate surface area is 230 Å². The van der Waals surface area contributed by atoms with Crippen molar-refractivity contribution in [3.05, 3.63) is 73.7 Å². The lowest BCUT2D eigenvalue weighted by atomic mass is 9.95. The largest absolute Gasteiger partial charge is 0.402 e. The van der Waals surface area contributed by atoms with Crippen molar-refractivity contribution in [2.24, 2.45) is 0 Å². The van der Waals surface area contributed by atoms with Crippen molar-refractivity contribution in [1.29, 1.82) is 0 Å². The average Bonchev–Trinajstić information content (AvgIpc) is 2.74. The van der Waals surface area contributed by atoms with Crippen LogP contribution in [0, 0.1) is 0 Å². The summed E-state index contributed by atoms with van der Waals surface area (Å²) in [7, 11) is -4.51. The lowest BCUT2D eigenvalue weighted by molar-refractivity contribution is -0.139. The summed E-state index contributed by atoms with van der Waals surface area (Å²) in [4.78, 5) is 12.7. The van der Waals surface area contributed by atoms with Crippen LogP contribution in [0.25, 0.3) is 6.08 Å². The first-order chi connectivity index (χ1) is 17.3. The summed E-state index contributed by atoms with van der Waals surface area (Å²) in [5.41, 5.74) is 0.637. The highest BCUT2D eigenvalue weighted by molar-refractivity contribution is 7.91. The van der Waals surface area contributed by atoms with E-state index in [9.17, 15) is 39.6 Å². The van der Waals surface area contributed by atoms with Gasteiger partial charge in [0.15, 0.2) is 9.84 Å². The minimum atomic E-state index is -4.90. The van der Waals surface area contributed by atoms with Crippen LogP contribution in [0.5, 0.6) is 0 Å². The Balaban J connectivity index is 2.26. The smallest absolute Gasteiger partial charge is 0.349 e. The fourth-order valence-corrected chi connectivity index (χ4v) is 5.71. The van der Waals surface area contributed by atoms with Crippen molar-refractivity contribution in [1.82, 2.24) is 5.32 Å². The number of amides is 1. The highest BCUT2D eigenvalue weighted by atomic mass is 35.5. The molecule has 0 aliphatic rings. The monoisotopic (exact) mass is 623 g/mol. The normalized spacial score (nSPS) is 14.5. The zero-order valence-corrected chi connectivity index (χ0v) is 22.9. The van der Waals surface area contributed by atoms with E-state index in [1.165, 1.54) is 31.2 Å². The van der Waals surface area contributed by atoms with Gasteiger partial charge in [-0.1, -0.05) is 66.0 Å². The first-order valence-corrected chi connectivity index (χ1v) is 13.9. The van der Waals surface area contributed by atoms with E-state index in [1.807, 2.05) is 0 Å². The number of carbonyl (C=O) groups excluding carboxylic acids is 1. The van der Waals surface area contributed by atoms with Gasteiger partial charge in [0.1, 0.15) is 5.75 Å². The van der Waals surface area contributed by atoms with Crippen LogP contribution in [0.15, 0.2) is 36.4 Å². The Bertz CT molecular complexity index is 1290. The molecule has 210 valence electrons. The summed E-state index contributed by atoms with van der Waals surface area (Å²) in [6.45, 7) is 2.94. The summed E-state index contributed by atoms with van der Waals surface area (Å²) in [6.07, 6.45) is -7.19. The fourth-order valence-electron chi connectivity index (χ4n) is 3.63. The van der Waals surface area contributed by atoms with Crippen molar-refractivity contribution in [3.8, 4) is 0 Å². The molecule has 14 heteroatoms. The molecule has 1 amide bonds. The fraction of sp³-hybridized carbons (Fsp3) is 0.375. The van der Waals surface area contributed by atoms with Crippen LogP contribution >= 0.6 is 34.8 Å². The second kappa shape index (κ2) is 12.5. The second-order valence-corrected chi connectivity index (χ2v) is 11.8. The highest BCUT2D eigenvalue weighted by Crippen LogP contribution is 2.41. The van der Waals surface area contributed by atoms with Gasteiger partial charge in [0.25, 0.3) is 5.91 Å². The molecule has 0 bridgehead atoms. The third kappa shape index (κ3) is 9.36. The minimum Gasteiger partial charge on any atom is -0.349 e. The average molecular weight is 625 g/mol. The van der Waals surface area contributed by atoms with Crippen molar-refractivity contribution in [2.75, 3.05) is 11.5 Å². The third-order valence-electron chi connectivity index (χ3n) is 5.22. The molecule has 0 fully saturated rings.